The van der Waals surface area contributed by atoms with Gasteiger partial charge in [0.1, 0.15) is 11.6 Å². The average Bonchev–Trinajstić information content (AvgIpc) is 2.95. The first kappa shape index (κ1) is 20.6. The zero-order chi connectivity index (χ0) is 21.0. The van der Waals surface area contributed by atoms with Crippen molar-refractivity contribution in [2.75, 3.05) is 0 Å². The van der Waals surface area contributed by atoms with Crippen LogP contribution in [0.5, 0.6) is 11.6 Å². The number of carbonyl (C=O) groups is 1. The van der Waals surface area contributed by atoms with Gasteiger partial charge >= 0.3 is 0 Å². The van der Waals surface area contributed by atoms with E-state index in [4.69, 9.17) is 4.74 Å². The van der Waals surface area contributed by atoms with Crippen LogP contribution in [0.2, 0.25) is 0 Å². The molecule has 1 N–H and O–H groups in total. The highest BCUT2D eigenvalue weighted by Crippen LogP contribution is 2.32. The molecule has 0 aliphatic rings. The maximum absolute atomic E-state index is 13.4. The minimum Gasteiger partial charge on any atom is -0.439 e. The topological polar surface area (TPSA) is 56.1 Å². The van der Waals surface area contributed by atoms with Crippen LogP contribution in [-0.2, 0) is 11.2 Å². The Labute approximate surface area is 170 Å². The largest absolute Gasteiger partial charge is 0.439 e. The van der Waals surface area contributed by atoms with Crippen LogP contribution in [0, 0.1) is 19.7 Å². The Bertz CT molecular complexity index is 994. The van der Waals surface area contributed by atoms with Gasteiger partial charge in [-0.25, -0.2) is 9.07 Å². The Morgan fingerprint density at radius 1 is 1.17 bits per heavy atom. The minimum atomic E-state index is -0.315. The summed E-state index contributed by atoms with van der Waals surface area (Å²) < 4.78 is 21.3. The van der Waals surface area contributed by atoms with E-state index in [9.17, 15) is 9.18 Å². The van der Waals surface area contributed by atoms with Crippen molar-refractivity contribution in [3.8, 4) is 17.3 Å². The highest BCUT2D eigenvalue weighted by atomic mass is 19.1. The van der Waals surface area contributed by atoms with Crippen LogP contribution in [0.15, 0.2) is 48.5 Å². The summed E-state index contributed by atoms with van der Waals surface area (Å²) in [5.74, 6) is 0.887. The summed E-state index contributed by atoms with van der Waals surface area (Å²) in [6.45, 7) is 7.75. The van der Waals surface area contributed by atoms with Crippen molar-refractivity contribution >= 4 is 5.91 Å². The molecule has 0 spiro atoms. The fourth-order valence-electron chi connectivity index (χ4n) is 3.11. The van der Waals surface area contributed by atoms with Crippen molar-refractivity contribution in [2.45, 2.75) is 46.6 Å². The van der Waals surface area contributed by atoms with Crippen LogP contribution in [0.4, 0.5) is 4.39 Å². The minimum absolute atomic E-state index is 0.0181. The van der Waals surface area contributed by atoms with Gasteiger partial charge in [0.2, 0.25) is 11.8 Å². The van der Waals surface area contributed by atoms with E-state index in [1.165, 1.54) is 12.1 Å². The molecular weight excluding hydrogens is 369 g/mol. The normalized spacial score (nSPS) is 11.0. The summed E-state index contributed by atoms with van der Waals surface area (Å²) in [5, 5.41) is 7.51. The molecule has 3 aromatic rings. The molecule has 1 aromatic heterocycles. The number of benzene rings is 2. The predicted octanol–water partition coefficient (Wildman–Crippen LogP) is 4.88. The Morgan fingerprint density at radius 3 is 2.55 bits per heavy atom. The van der Waals surface area contributed by atoms with E-state index in [0.29, 0.717) is 30.2 Å². The number of carbonyl (C=O) groups excluding carboxylic acids is 1. The lowest BCUT2D eigenvalue weighted by atomic mass is 10.1. The number of hydrogen-bond acceptors (Lipinski definition) is 3. The van der Waals surface area contributed by atoms with Crippen LogP contribution in [0.3, 0.4) is 0 Å². The summed E-state index contributed by atoms with van der Waals surface area (Å²) in [4.78, 5) is 12.1. The molecule has 5 nitrogen and oxygen atoms in total. The third-order valence-electron chi connectivity index (χ3n) is 4.46. The van der Waals surface area contributed by atoms with E-state index < -0.39 is 0 Å². The molecular formula is C23H26FN3O2. The molecule has 152 valence electrons. The molecule has 0 aliphatic carbocycles. The summed E-state index contributed by atoms with van der Waals surface area (Å²) >= 11 is 0. The highest BCUT2D eigenvalue weighted by Gasteiger charge is 2.20. The summed E-state index contributed by atoms with van der Waals surface area (Å²) in [5.41, 5.74) is 3.39. The van der Waals surface area contributed by atoms with Gasteiger partial charge in [0.05, 0.1) is 11.4 Å². The Balaban J connectivity index is 1.97. The second kappa shape index (κ2) is 8.90. The molecule has 3 rings (SSSR count). The molecule has 0 saturated heterocycles. The van der Waals surface area contributed by atoms with Crippen LogP contribution in [0.25, 0.3) is 5.69 Å². The van der Waals surface area contributed by atoms with Gasteiger partial charge in [0.25, 0.3) is 0 Å². The van der Waals surface area contributed by atoms with Crippen LogP contribution >= 0.6 is 0 Å². The van der Waals surface area contributed by atoms with E-state index in [2.05, 4.69) is 10.4 Å². The Hall–Kier alpha value is -3.15. The van der Waals surface area contributed by atoms with Crippen molar-refractivity contribution in [3.63, 3.8) is 0 Å². The predicted molar refractivity (Wildman–Crippen MR) is 111 cm³/mol. The standard InChI is InChI=1S/C23H26FN3O2/c1-15(2)25-22(28)13-12-21-17(4)26-27(19-10-8-18(24)9-11-19)23(21)29-20-7-5-6-16(3)14-20/h5-11,14-15H,12-13H2,1-4H3,(H,25,28). The van der Waals surface area contributed by atoms with Gasteiger partial charge in [-0.3, -0.25) is 4.79 Å². The number of aromatic nitrogens is 2. The third-order valence-corrected chi connectivity index (χ3v) is 4.46. The fourth-order valence-corrected chi connectivity index (χ4v) is 3.11. The molecule has 0 bridgehead atoms. The monoisotopic (exact) mass is 395 g/mol. The van der Waals surface area contributed by atoms with Gasteiger partial charge in [-0.05, 0) is 76.1 Å². The van der Waals surface area contributed by atoms with Gasteiger partial charge in [0, 0.05) is 18.0 Å². The molecule has 0 fully saturated rings. The zero-order valence-corrected chi connectivity index (χ0v) is 17.2. The Morgan fingerprint density at radius 2 is 1.90 bits per heavy atom. The lowest BCUT2D eigenvalue weighted by Gasteiger charge is -2.12. The summed E-state index contributed by atoms with van der Waals surface area (Å²) in [7, 11) is 0. The van der Waals surface area contributed by atoms with E-state index in [1.54, 1.807) is 16.8 Å². The van der Waals surface area contributed by atoms with Crippen molar-refractivity contribution in [1.82, 2.24) is 15.1 Å². The number of aryl methyl sites for hydroxylation is 2. The molecule has 2 aromatic carbocycles. The SMILES string of the molecule is Cc1cccc(Oc2c(CCC(=O)NC(C)C)c(C)nn2-c2ccc(F)cc2)c1. The van der Waals surface area contributed by atoms with Crippen LogP contribution in [-0.4, -0.2) is 21.7 Å². The summed E-state index contributed by atoms with van der Waals surface area (Å²) in [6, 6.07) is 13.9. The van der Waals surface area contributed by atoms with Gasteiger partial charge in [-0.2, -0.15) is 5.10 Å². The van der Waals surface area contributed by atoms with Gasteiger partial charge < -0.3 is 10.1 Å². The maximum Gasteiger partial charge on any atom is 0.226 e. The smallest absolute Gasteiger partial charge is 0.226 e. The highest BCUT2D eigenvalue weighted by molar-refractivity contribution is 5.76. The van der Waals surface area contributed by atoms with Crippen LogP contribution in [0.1, 0.15) is 37.1 Å². The summed E-state index contributed by atoms with van der Waals surface area (Å²) in [6.07, 6.45) is 0.824. The van der Waals surface area contributed by atoms with Crippen molar-refractivity contribution < 1.29 is 13.9 Å². The molecule has 29 heavy (non-hydrogen) atoms. The number of amides is 1. The number of halogens is 1. The number of nitrogens with one attached hydrogen (secondary N) is 1. The third kappa shape index (κ3) is 5.22. The molecule has 0 saturated carbocycles. The van der Waals surface area contributed by atoms with E-state index >= 15 is 0 Å². The second-order valence-corrected chi connectivity index (χ2v) is 7.40. The number of hydrogen-bond donors (Lipinski definition) is 1. The Kier molecular flexibility index (Phi) is 6.32. The molecule has 1 heterocycles. The number of nitrogens with zero attached hydrogens (tertiary/aromatic N) is 2. The van der Waals surface area contributed by atoms with Gasteiger partial charge in [-0.1, -0.05) is 12.1 Å². The molecule has 6 heteroatoms. The first-order chi connectivity index (χ1) is 13.8. The zero-order valence-electron chi connectivity index (χ0n) is 17.2. The maximum atomic E-state index is 13.4. The molecule has 0 aliphatic heterocycles. The average molecular weight is 395 g/mol. The molecule has 0 atom stereocenters. The first-order valence-electron chi connectivity index (χ1n) is 9.72. The number of rotatable bonds is 7. The lowest BCUT2D eigenvalue weighted by Crippen LogP contribution is -2.30. The van der Waals surface area contributed by atoms with E-state index in [0.717, 1.165) is 16.8 Å². The number of ether oxygens (including phenoxy) is 1. The molecule has 0 radical (unpaired) electrons. The fraction of sp³-hybridized carbons (Fsp3) is 0.304. The van der Waals surface area contributed by atoms with Crippen molar-refractivity contribution in [3.05, 3.63) is 71.2 Å². The second-order valence-electron chi connectivity index (χ2n) is 7.40. The van der Waals surface area contributed by atoms with Crippen LogP contribution < -0.4 is 10.1 Å². The van der Waals surface area contributed by atoms with E-state index in [-0.39, 0.29) is 17.8 Å². The van der Waals surface area contributed by atoms with E-state index in [1.807, 2.05) is 52.0 Å². The molecule has 1 amide bonds. The quantitative estimate of drug-likeness (QED) is 0.620. The van der Waals surface area contributed by atoms with Crippen molar-refractivity contribution in [2.24, 2.45) is 0 Å². The van der Waals surface area contributed by atoms with Gasteiger partial charge in [0.15, 0.2) is 0 Å². The first-order valence-corrected chi connectivity index (χ1v) is 9.72. The van der Waals surface area contributed by atoms with Gasteiger partial charge in [-0.15, -0.1) is 0 Å². The lowest BCUT2D eigenvalue weighted by molar-refractivity contribution is -0.121. The molecule has 0 unspecified atom stereocenters. The van der Waals surface area contributed by atoms with Crippen molar-refractivity contribution in [1.29, 1.82) is 0 Å².